The van der Waals surface area contributed by atoms with Crippen LogP contribution in [0.4, 0.5) is 26.3 Å². The van der Waals surface area contributed by atoms with Crippen molar-refractivity contribution in [3.63, 3.8) is 0 Å². The Morgan fingerprint density at radius 1 is 1.14 bits per heavy atom. The molecule has 0 saturated heterocycles. The smallest absolute Gasteiger partial charge is 0.263 e. The van der Waals surface area contributed by atoms with Gasteiger partial charge in [-0.1, -0.05) is 0 Å². The molecule has 0 unspecified atom stereocenters. The average Bonchev–Trinajstić information content (AvgIpc) is 1.94. The van der Waals surface area contributed by atoms with Gasteiger partial charge in [0.2, 0.25) is 0 Å². The summed E-state index contributed by atoms with van der Waals surface area (Å²) in [5, 5.41) is -0.571. The fourth-order valence-corrected chi connectivity index (χ4v) is 0.566. The van der Waals surface area contributed by atoms with Gasteiger partial charge in [-0.2, -0.15) is 18.0 Å². The lowest BCUT2D eigenvalue weighted by Gasteiger charge is -2.19. The topological polar surface area (TPSA) is 33.7 Å². The number of hydrogen-bond acceptors (Lipinski definition) is 5. The lowest BCUT2D eigenvalue weighted by atomic mass is 11.4. The van der Waals surface area contributed by atoms with Crippen LogP contribution in [0.3, 0.4) is 0 Å². The molecule has 0 fully saturated rings. The second-order valence-electron chi connectivity index (χ2n) is 1.62. The first kappa shape index (κ1) is 13.8. The maximum Gasteiger partial charge on any atom is 0.542 e. The van der Waals surface area contributed by atoms with Crippen LogP contribution in [0.15, 0.2) is 0 Å². The molecular weight excluding hydrogens is 242 g/mol. The summed E-state index contributed by atoms with van der Waals surface area (Å²) in [6.07, 6.45) is -5.14. The minimum absolute atomic E-state index is 0.571. The van der Waals surface area contributed by atoms with Crippen LogP contribution in [0, 0.1) is 0 Å². The third kappa shape index (κ3) is 8.37. The van der Waals surface area contributed by atoms with Crippen LogP contribution in [0.25, 0.3) is 0 Å². The van der Waals surface area contributed by atoms with E-state index in [1.165, 1.54) is 0 Å². The van der Waals surface area contributed by atoms with Gasteiger partial charge in [0.25, 0.3) is 0 Å². The molecule has 0 aromatic carbocycles. The van der Waals surface area contributed by atoms with Gasteiger partial charge < -0.3 is 0 Å². The van der Waals surface area contributed by atoms with Crippen LogP contribution in [0.2, 0.25) is 0 Å². The highest BCUT2D eigenvalue weighted by Gasteiger charge is 2.36. The van der Waals surface area contributed by atoms with E-state index >= 15 is 0 Å². The molecule has 0 radical (unpaired) electrons. The molecule has 0 atom stereocenters. The highest BCUT2D eigenvalue weighted by molar-refractivity contribution is 7.98. The maximum atomic E-state index is 11.5. The molecule has 0 saturated carbocycles. The molecule has 0 aromatic rings. The van der Waals surface area contributed by atoms with Gasteiger partial charge in [-0.3, -0.25) is 4.84 Å². The molecular formula is C3H4F6N2O2S. The van der Waals surface area contributed by atoms with Crippen molar-refractivity contribution >= 4 is 11.9 Å². The Morgan fingerprint density at radius 3 is 1.93 bits per heavy atom. The van der Waals surface area contributed by atoms with Gasteiger partial charge in [0, 0.05) is 5.34 Å². The van der Waals surface area contributed by atoms with Crippen LogP contribution in [0.5, 0.6) is 0 Å². The zero-order valence-electron chi connectivity index (χ0n) is 6.44. The number of nitrogens with one attached hydrogen (secondary N) is 1. The monoisotopic (exact) mass is 246 g/mol. The first-order valence-electron chi connectivity index (χ1n) is 2.74. The van der Waals surface area contributed by atoms with Gasteiger partial charge in [0.15, 0.2) is 0 Å². The summed E-state index contributed by atoms with van der Waals surface area (Å²) in [6, 6.07) is 0. The van der Waals surface area contributed by atoms with Crippen LogP contribution < -0.4 is 4.83 Å². The fourth-order valence-electron chi connectivity index (χ4n) is 0.276. The van der Waals surface area contributed by atoms with E-state index < -0.39 is 29.2 Å². The number of alkyl halides is 6. The zero-order chi connectivity index (χ0) is 11.4. The quantitative estimate of drug-likeness (QED) is 0.466. The van der Waals surface area contributed by atoms with Gasteiger partial charge in [0.05, 0.1) is 19.1 Å². The predicted octanol–water partition coefficient (Wildman–Crippen LogP) is 1.97. The highest BCUT2D eigenvalue weighted by Crippen LogP contribution is 2.28. The summed E-state index contributed by atoms with van der Waals surface area (Å²) < 4.78 is 68.7. The first-order chi connectivity index (χ1) is 6.14. The van der Waals surface area contributed by atoms with E-state index in [0.717, 1.165) is 4.83 Å². The lowest BCUT2D eigenvalue weighted by Crippen LogP contribution is -2.39. The molecule has 0 spiro atoms. The Morgan fingerprint density at radius 2 is 1.64 bits per heavy atom. The van der Waals surface area contributed by atoms with E-state index in [0.29, 0.717) is 7.11 Å². The van der Waals surface area contributed by atoms with Gasteiger partial charge in [0.1, 0.15) is 0 Å². The van der Waals surface area contributed by atoms with Crippen LogP contribution in [-0.4, -0.2) is 24.3 Å². The predicted molar refractivity (Wildman–Crippen MR) is 32.8 cm³/mol. The van der Waals surface area contributed by atoms with Gasteiger partial charge in [-0.15, -0.1) is 18.0 Å². The SMILES string of the molecule is CON(NSC(F)(F)F)OC(F)(F)F. The van der Waals surface area contributed by atoms with E-state index in [1.807, 2.05) is 0 Å². The minimum Gasteiger partial charge on any atom is -0.263 e. The van der Waals surface area contributed by atoms with E-state index in [4.69, 9.17) is 0 Å². The van der Waals surface area contributed by atoms with Gasteiger partial charge in [-0.05, 0) is 0 Å². The third-order valence-electron chi connectivity index (χ3n) is 0.588. The molecule has 4 nitrogen and oxygen atoms in total. The summed E-state index contributed by atoms with van der Waals surface area (Å²) in [6.45, 7) is 0. The van der Waals surface area contributed by atoms with E-state index in [9.17, 15) is 26.3 Å². The van der Waals surface area contributed by atoms with Crippen LogP contribution in [-0.2, 0) is 9.68 Å². The largest absolute Gasteiger partial charge is 0.542 e. The van der Waals surface area contributed by atoms with E-state index in [1.54, 1.807) is 0 Å². The summed E-state index contributed by atoms with van der Waals surface area (Å²) in [5.74, 6) is 0. The van der Waals surface area contributed by atoms with Crippen LogP contribution >= 0.6 is 11.9 Å². The summed E-state index contributed by atoms with van der Waals surface area (Å²) in [7, 11) is 0.690. The van der Waals surface area contributed by atoms with Gasteiger partial charge >= 0.3 is 11.9 Å². The molecule has 11 heteroatoms. The number of halogens is 6. The van der Waals surface area contributed by atoms with E-state index in [-0.39, 0.29) is 0 Å². The number of rotatable bonds is 4. The average molecular weight is 246 g/mol. The second-order valence-corrected chi connectivity index (χ2v) is 2.47. The Balaban J connectivity index is 3.93. The van der Waals surface area contributed by atoms with Crippen LogP contribution in [0.1, 0.15) is 0 Å². The molecule has 14 heavy (non-hydrogen) atoms. The molecule has 86 valence electrons. The van der Waals surface area contributed by atoms with Crippen molar-refractivity contribution in [1.29, 1.82) is 0 Å². The summed E-state index contributed by atoms with van der Waals surface area (Å²) >= 11 is -0.967. The van der Waals surface area contributed by atoms with Crippen molar-refractivity contribution < 1.29 is 36.0 Å². The van der Waals surface area contributed by atoms with Crippen molar-refractivity contribution in [2.24, 2.45) is 0 Å². The fraction of sp³-hybridized carbons (Fsp3) is 1.00. The summed E-state index contributed by atoms with van der Waals surface area (Å²) in [5.41, 5.74) is -4.76. The molecule has 1 N–H and O–H groups in total. The molecule has 0 rings (SSSR count). The molecule has 0 aliphatic carbocycles. The third-order valence-corrected chi connectivity index (χ3v) is 1.06. The first-order valence-corrected chi connectivity index (χ1v) is 3.56. The summed E-state index contributed by atoms with van der Waals surface area (Å²) in [4.78, 5) is 7.87. The molecule has 0 bridgehead atoms. The second kappa shape index (κ2) is 5.02. The maximum absolute atomic E-state index is 11.5. The number of hydrazine groups is 1. The zero-order valence-corrected chi connectivity index (χ0v) is 7.26. The Labute approximate surface area is 78.1 Å². The highest BCUT2D eigenvalue weighted by atomic mass is 32.2. The number of hydrogen-bond donors (Lipinski definition) is 1. The lowest BCUT2D eigenvalue weighted by molar-refractivity contribution is -0.501. The normalized spacial score (nSPS) is 13.7. The molecule has 0 aromatic heterocycles. The Bertz CT molecular complexity index is 171. The van der Waals surface area contributed by atoms with Crippen molar-refractivity contribution in [1.82, 2.24) is 10.2 Å². The molecule has 0 amide bonds. The van der Waals surface area contributed by atoms with Crippen molar-refractivity contribution in [3.8, 4) is 0 Å². The molecule has 0 heterocycles. The molecule has 0 aliphatic heterocycles. The Kier molecular flexibility index (Phi) is 4.94. The molecule has 0 aliphatic rings. The van der Waals surface area contributed by atoms with Crippen molar-refractivity contribution in [3.05, 3.63) is 0 Å². The Hall–Kier alpha value is -0.230. The minimum atomic E-state index is -5.14. The van der Waals surface area contributed by atoms with Crippen molar-refractivity contribution in [2.75, 3.05) is 7.11 Å². The standard InChI is InChI=1S/C3H4F6N2O2S/c1-12-11(13-2(4,5)6)10-14-3(7,8)9/h10H,1H3. The number of nitrogens with zero attached hydrogens (tertiary/aromatic N) is 1. The van der Waals surface area contributed by atoms with E-state index in [2.05, 4.69) is 9.68 Å². The van der Waals surface area contributed by atoms with Gasteiger partial charge in [-0.25, -0.2) is 0 Å². The van der Waals surface area contributed by atoms with Crippen molar-refractivity contribution in [2.45, 2.75) is 11.9 Å².